The number of aliphatic hydroxyl groups excluding tert-OH is 2. The molecule has 0 rings (SSSR count). The number of aliphatic hydroxyl groups is 2. The van der Waals surface area contributed by atoms with E-state index in [-0.39, 0.29) is 6.61 Å². The minimum absolute atomic E-state index is 0.113. The zero-order valence-electron chi connectivity index (χ0n) is 6.58. The van der Waals surface area contributed by atoms with Crippen molar-refractivity contribution < 1.29 is 14.9 Å². The predicted octanol–water partition coefficient (Wildman–Crippen LogP) is 0.155. The van der Waals surface area contributed by atoms with Crippen LogP contribution in [0.4, 0.5) is 0 Å². The van der Waals surface area contributed by atoms with Crippen LogP contribution in [-0.2, 0) is 4.74 Å². The lowest BCUT2D eigenvalue weighted by Crippen LogP contribution is -2.31. The first-order chi connectivity index (χ1) is 4.76. The van der Waals surface area contributed by atoms with Gasteiger partial charge in [0.25, 0.3) is 0 Å². The van der Waals surface area contributed by atoms with Crippen LogP contribution >= 0.6 is 0 Å². The van der Waals surface area contributed by atoms with E-state index in [1.807, 2.05) is 6.92 Å². The highest BCUT2D eigenvalue weighted by Crippen LogP contribution is 2.03. The maximum absolute atomic E-state index is 9.22. The Morgan fingerprint density at radius 2 is 2.10 bits per heavy atom. The summed E-state index contributed by atoms with van der Waals surface area (Å²) in [5.41, 5.74) is 0. The van der Waals surface area contributed by atoms with E-state index < -0.39 is 12.2 Å². The van der Waals surface area contributed by atoms with Gasteiger partial charge >= 0.3 is 0 Å². The van der Waals surface area contributed by atoms with Gasteiger partial charge < -0.3 is 14.9 Å². The molecule has 3 heteroatoms. The van der Waals surface area contributed by atoms with Gasteiger partial charge in [-0.25, -0.2) is 0 Å². The van der Waals surface area contributed by atoms with Crippen molar-refractivity contribution in [1.29, 1.82) is 0 Å². The average Bonchev–Trinajstić information content (AvgIpc) is 1.91. The SMILES string of the molecule is CCC[C@H](O)[C@@H](CO)OC. The summed E-state index contributed by atoms with van der Waals surface area (Å²) in [6, 6.07) is 0. The molecule has 0 fully saturated rings. The molecule has 0 spiro atoms. The van der Waals surface area contributed by atoms with Crippen LogP contribution in [0, 0.1) is 0 Å². The molecular weight excluding hydrogens is 132 g/mol. The van der Waals surface area contributed by atoms with Gasteiger partial charge in [0.15, 0.2) is 0 Å². The summed E-state index contributed by atoms with van der Waals surface area (Å²) in [6.07, 6.45) is 0.639. The quantitative estimate of drug-likeness (QED) is 0.583. The summed E-state index contributed by atoms with van der Waals surface area (Å²) >= 11 is 0. The maximum atomic E-state index is 9.22. The van der Waals surface area contributed by atoms with E-state index in [1.165, 1.54) is 7.11 Å². The molecule has 0 bridgehead atoms. The highest BCUT2D eigenvalue weighted by molar-refractivity contribution is 4.66. The van der Waals surface area contributed by atoms with E-state index in [0.717, 1.165) is 6.42 Å². The van der Waals surface area contributed by atoms with E-state index in [2.05, 4.69) is 0 Å². The molecule has 0 radical (unpaired) electrons. The van der Waals surface area contributed by atoms with Crippen LogP contribution in [0.1, 0.15) is 19.8 Å². The molecule has 2 atom stereocenters. The van der Waals surface area contributed by atoms with Gasteiger partial charge in [-0.15, -0.1) is 0 Å². The molecule has 0 saturated carbocycles. The molecule has 0 aliphatic carbocycles. The van der Waals surface area contributed by atoms with Gasteiger partial charge in [0.05, 0.1) is 12.7 Å². The van der Waals surface area contributed by atoms with Crippen LogP contribution in [0.3, 0.4) is 0 Å². The van der Waals surface area contributed by atoms with Crippen LogP contribution in [0.2, 0.25) is 0 Å². The molecule has 0 aliphatic rings. The highest BCUT2D eigenvalue weighted by Gasteiger charge is 2.15. The van der Waals surface area contributed by atoms with Crippen LogP contribution in [0.5, 0.6) is 0 Å². The average molecular weight is 148 g/mol. The third-order valence-corrected chi connectivity index (χ3v) is 1.50. The molecule has 0 aliphatic heterocycles. The van der Waals surface area contributed by atoms with Gasteiger partial charge in [0.2, 0.25) is 0 Å². The zero-order valence-corrected chi connectivity index (χ0v) is 6.58. The molecule has 0 amide bonds. The smallest absolute Gasteiger partial charge is 0.106 e. The van der Waals surface area contributed by atoms with Crippen molar-refractivity contribution in [3.63, 3.8) is 0 Å². The Balaban J connectivity index is 3.53. The Hall–Kier alpha value is -0.120. The lowest BCUT2D eigenvalue weighted by molar-refractivity contribution is -0.0439. The lowest BCUT2D eigenvalue weighted by Gasteiger charge is -2.18. The van der Waals surface area contributed by atoms with Crippen molar-refractivity contribution in [3.05, 3.63) is 0 Å². The number of hydrogen-bond donors (Lipinski definition) is 2. The zero-order chi connectivity index (χ0) is 7.98. The van der Waals surface area contributed by atoms with Crippen molar-refractivity contribution in [2.45, 2.75) is 32.0 Å². The van der Waals surface area contributed by atoms with Crippen LogP contribution in [0.25, 0.3) is 0 Å². The van der Waals surface area contributed by atoms with E-state index in [9.17, 15) is 5.11 Å². The van der Waals surface area contributed by atoms with Gasteiger partial charge in [-0.3, -0.25) is 0 Å². The molecule has 62 valence electrons. The molecule has 0 aromatic rings. The fraction of sp³-hybridized carbons (Fsp3) is 1.00. The van der Waals surface area contributed by atoms with Gasteiger partial charge in [-0.05, 0) is 6.42 Å². The summed E-state index contributed by atoms with van der Waals surface area (Å²) in [6.45, 7) is 1.87. The van der Waals surface area contributed by atoms with Crippen molar-refractivity contribution in [2.24, 2.45) is 0 Å². The van der Waals surface area contributed by atoms with Crippen LogP contribution in [-0.4, -0.2) is 36.1 Å². The third-order valence-electron chi connectivity index (χ3n) is 1.50. The number of methoxy groups -OCH3 is 1. The van der Waals surface area contributed by atoms with Gasteiger partial charge in [-0.1, -0.05) is 13.3 Å². The van der Waals surface area contributed by atoms with E-state index in [1.54, 1.807) is 0 Å². The Morgan fingerprint density at radius 3 is 2.40 bits per heavy atom. The largest absolute Gasteiger partial charge is 0.394 e. The topological polar surface area (TPSA) is 49.7 Å². The summed E-state index contributed by atoms with van der Waals surface area (Å²) in [5.74, 6) is 0. The van der Waals surface area contributed by atoms with E-state index in [4.69, 9.17) is 9.84 Å². The monoisotopic (exact) mass is 148 g/mol. The first kappa shape index (κ1) is 9.88. The van der Waals surface area contributed by atoms with Gasteiger partial charge in [0, 0.05) is 7.11 Å². The van der Waals surface area contributed by atoms with Crippen molar-refractivity contribution >= 4 is 0 Å². The molecule has 0 aromatic carbocycles. The second kappa shape index (κ2) is 5.65. The molecule has 0 heterocycles. The van der Waals surface area contributed by atoms with E-state index in [0.29, 0.717) is 6.42 Å². The number of rotatable bonds is 5. The summed E-state index contributed by atoms with van der Waals surface area (Å²) in [7, 11) is 1.49. The first-order valence-corrected chi connectivity index (χ1v) is 3.58. The second-order valence-electron chi connectivity index (χ2n) is 2.31. The molecule has 2 N–H and O–H groups in total. The van der Waals surface area contributed by atoms with E-state index >= 15 is 0 Å². The molecule has 0 saturated heterocycles. The standard InChI is InChI=1S/C7H16O3/c1-3-4-6(9)7(5-8)10-2/h6-9H,3-5H2,1-2H3/t6-,7+/m0/s1. The third kappa shape index (κ3) is 3.15. The van der Waals surface area contributed by atoms with Crippen molar-refractivity contribution in [2.75, 3.05) is 13.7 Å². The normalized spacial score (nSPS) is 16.8. The Morgan fingerprint density at radius 1 is 1.50 bits per heavy atom. The fourth-order valence-corrected chi connectivity index (χ4v) is 0.835. The fourth-order valence-electron chi connectivity index (χ4n) is 0.835. The minimum Gasteiger partial charge on any atom is -0.394 e. The van der Waals surface area contributed by atoms with Gasteiger partial charge in [0.1, 0.15) is 6.10 Å². The maximum Gasteiger partial charge on any atom is 0.106 e. The summed E-state index contributed by atoms with van der Waals surface area (Å²) in [5, 5.41) is 17.9. The molecule has 10 heavy (non-hydrogen) atoms. The Bertz CT molecular complexity index is 71.3. The molecule has 3 nitrogen and oxygen atoms in total. The van der Waals surface area contributed by atoms with Crippen LogP contribution in [0.15, 0.2) is 0 Å². The second-order valence-corrected chi connectivity index (χ2v) is 2.31. The minimum atomic E-state index is -0.528. The van der Waals surface area contributed by atoms with Crippen LogP contribution < -0.4 is 0 Å². The molecule has 0 unspecified atom stereocenters. The Labute approximate surface area is 61.6 Å². The van der Waals surface area contributed by atoms with Crippen molar-refractivity contribution in [3.8, 4) is 0 Å². The molecule has 0 aromatic heterocycles. The Kier molecular flexibility index (Phi) is 5.58. The summed E-state index contributed by atoms with van der Waals surface area (Å²) in [4.78, 5) is 0. The number of hydrogen-bond acceptors (Lipinski definition) is 3. The van der Waals surface area contributed by atoms with Gasteiger partial charge in [-0.2, -0.15) is 0 Å². The summed E-state index contributed by atoms with van der Waals surface area (Å²) < 4.78 is 4.81. The number of ether oxygens (including phenoxy) is 1. The first-order valence-electron chi connectivity index (χ1n) is 3.58. The highest BCUT2D eigenvalue weighted by atomic mass is 16.5. The van der Waals surface area contributed by atoms with Crippen molar-refractivity contribution in [1.82, 2.24) is 0 Å². The predicted molar refractivity (Wildman–Crippen MR) is 38.8 cm³/mol. The molecular formula is C7H16O3. The lowest BCUT2D eigenvalue weighted by atomic mass is 10.1.